The number of rotatable bonds is 8. The first-order chi connectivity index (χ1) is 13.5. The zero-order valence-electron chi connectivity index (χ0n) is 15.5. The summed E-state index contributed by atoms with van der Waals surface area (Å²) in [5, 5.41) is 19.7. The van der Waals surface area contributed by atoms with Crippen LogP contribution in [0.15, 0.2) is 22.7 Å². The van der Waals surface area contributed by atoms with Crippen molar-refractivity contribution in [2.75, 3.05) is 21.3 Å². The third kappa shape index (κ3) is 3.87. The van der Waals surface area contributed by atoms with Gasteiger partial charge in [-0.2, -0.15) is 0 Å². The van der Waals surface area contributed by atoms with E-state index in [2.05, 4.69) is 15.2 Å². The van der Waals surface area contributed by atoms with Crippen molar-refractivity contribution in [1.29, 1.82) is 0 Å². The molecule has 0 spiro atoms. The third-order valence-electron chi connectivity index (χ3n) is 3.84. The van der Waals surface area contributed by atoms with Gasteiger partial charge in [-0.15, -0.1) is 10.2 Å². The zero-order valence-corrected chi connectivity index (χ0v) is 17.2. The minimum absolute atomic E-state index is 0.100. The Balaban J connectivity index is 1.77. The lowest BCUT2D eigenvalue weighted by atomic mass is 10.2. The van der Waals surface area contributed by atoms with Crippen LogP contribution in [0.3, 0.4) is 0 Å². The lowest BCUT2D eigenvalue weighted by Crippen LogP contribution is -1.98. The summed E-state index contributed by atoms with van der Waals surface area (Å²) >= 11 is 2.80. The maximum absolute atomic E-state index is 11.0. The summed E-state index contributed by atoms with van der Waals surface area (Å²) in [5.74, 6) is 2.60. The summed E-state index contributed by atoms with van der Waals surface area (Å²) in [4.78, 5) is 14.5. The number of aromatic nitrogens is 4. The number of methoxy groups -OCH3 is 3. The Kier molecular flexibility index (Phi) is 5.99. The van der Waals surface area contributed by atoms with Crippen LogP contribution in [0.4, 0.5) is 5.82 Å². The number of nitro groups is 1. The summed E-state index contributed by atoms with van der Waals surface area (Å²) in [5.41, 5.74) is 0.962. The molecule has 0 saturated carbocycles. The van der Waals surface area contributed by atoms with Gasteiger partial charge in [0.15, 0.2) is 15.8 Å². The molecular weight excluding hydrogens is 406 g/mol. The molecule has 0 bridgehead atoms. The molecule has 3 aromatic rings. The maximum Gasteiger partial charge on any atom is 0.342 e. The van der Waals surface area contributed by atoms with E-state index in [0.29, 0.717) is 33.8 Å². The second kappa shape index (κ2) is 8.44. The molecule has 10 nitrogen and oxygen atoms in total. The smallest absolute Gasteiger partial charge is 0.342 e. The Morgan fingerprint density at radius 2 is 1.86 bits per heavy atom. The topological polar surface area (TPSA) is 114 Å². The molecule has 0 aliphatic carbocycles. The van der Waals surface area contributed by atoms with E-state index in [1.54, 1.807) is 28.4 Å². The molecule has 3 rings (SSSR count). The van der Waals surface area contributed by atoms with Crippen LogP contribution in [0.1, 0.15) is 5.56 Å². The third-order valence-corrected chi connectivity index (χ3v) is 5.96. The van der Waals surface area contributed by atoms with Gasteiger partial charge < -0.3 is 24.3 Å². The second-order valence-electron chi connectivity index (χ2n) is 5.45. The first-order valence-electron chi connectivity index (χ1n) is 7.90. The van der Waals surface area contributed by atoms with Crippen LogP contribution in [0.2, 0.25) is 0 Å². The summed E-state index contributed by atoms with van der Waals surface area (Å²) in [6, 6.07) is 3.75. The molecule has 28 heavy (non-hydrogen) atoms. The van der Waals surface area contributed by atoms with Crippen molar-refractivity contribution in [3.05, 3.63) is 34.0 Å². The predicted octanol–water partition coefficient (Wildman–Crippen LogP) is 3.16. The van der Waals surface area contributed by atoms with E-state index in [0.717, 1.165) is 9.90 Å². The monoisotopic (exact) mass is 423 g/mol. The van der Waals surface area contributed by atoms with E-state index >= 15 is 0 Å². The first-order valence-corrected chi connectivity index (χ1v) is 9.70. The van der Waals surface area contributed by atoms with Gasteiger partial charge in [-0.25, -0.2) is 9.55 Å². The van der Waals surface area contributed by atoms with Crippen LogP contribution in [0, 0.1) is 10.1 Å². The number of ether oxygens (including phenoxy) is 3. The maximum atomic E-state index is 11.0. The first kappa shape index (κ1) is 19.9. The Morgan fingerprint density at radius 1 is 1.18 bits per heavy atom. The molecule has 0 atom stereocenters. The van der Waals surface area contributed by atoms with Gasteiger partial charge in [-0.05, 0) is 22.6 Å². The van der Waals surface area contributed by atoms with Gasteiger partial charge in [0.05, 0.1) is 28.4 Å². The molecule has 2 aromatic heterocycles. The van der Waals surface area contributed by atoms with Gasteiger partial charge in [-0.1, -0.05) is 23.1 Å². The fourth-order valence-electron chi connectivity index (χ4n) is 2.49. The van der Waals surface area contributed by atoms with Crippen LogP contribution in [0.25, 0.3) is 10.8 Å². The average Bonchev–Trinajstić information content (AvgIpc) is 3.31. The predicted molar refractivity (Wildman–Crippen MR) is 104 cm³/mol. The molecule has 0 saturated heterocycles. The zero-order chi connectivity index (χ0) is 20.3. The largest absolute Gasteiger partial charge is 0.493 e. The summed E-state index contributed by atoms with van der Waals surface area (Å²) < 4.78 is 18.1. The van der Waals surface area contributed by atoms with Gasteiger partial charge in [0.1, 0.15) is 6.20 Å². The Morgan fingerprint density at radius 3 is 2.39 bits per heavy atom. The lowest BCUT2D eigenvalue weighted by Gasteiger charge is -2.13. The highest BCUT2D eigenvalue weighted by Crippen LogP contribution is 2.40. The van der Waals surface area contributed by atoms with E-state index in [1.807, 2.05) is 12.1 Å². The Hall–Kier alpha value is -2.86. The second-order valence-corrected chi connectivity index (χ2v) is 7.65. The van der Waals surface area contributed by atoms with Gasteiger partial charge in [0.25, 0.3) is 5.82 Å². The van der Waals surface area contributed by atoms with Crippen molar-refractivity contribution >= 4 is 28.9 Å². The van der Waals surface area contributed by atoms with Crippen LogP contribution < -0.4 is 14.2 Å². The molecule has 0 aliphatic heterocycles. The minimum Gasteiger partial charge on any atom is -0.493 e. The van der Waals surface area contributed by atoms with Gasteiger partial charge in [0, 0.05) is 5.75 Å². The molecule has 0 fully saturated rings. The number of benzene rings is 1. The van der Waals surface area contributed by atoms with Crippen LogP contribution >= 0.6 is 23.1 Å². The SMILES string of the molecule is COc1cc(CSc2nnc(-c3ncc([N+](=O)[O-])n3C)s2)cc(OC)c1OC. The van der Waals surface area contributed by atoms with Crippen molar-refractivity contribution in [1.82, 2.24) is 19.7 Å². The molecule has 0 amide bonds. The van der Waals surface area contributed by atoms with E-state index in [4.69, 9.17) is 14.2 Å². The van der Waals surface area contributed by atoms with Gasteiger partial charge in [0.2, 0.25) is 10.8 Å². The van der Waals surface area contributed by atoms with Crippen molar-refractivity contribution in [2.45, 2.75) is 10.1 Å². The molecule has 0 radical (unpaired) electrons. The molecule has 1 aromatic carbocycles. The van der Waals surface area contributed by atoms with Gasteiger partial charge in [-0.3, -0.25) is 0 Å². The summed E-state index contributed by atoms with van der Waals surface area (Å²) in [7, 11) is 6.26. The van der Waals surface area contributed by atoms with Gasteiger partial charge >= 0.3 is 5.82 Å². The summed E-state index contributed by atoms with van der Waals surface area (Å²) in [6.45, 7) is 0. The van der Waals surface area contributed by atoms with Crippen molar-refractivity contribution < 1.29 is 19.1 Å². The lowest BCUT2D eigenvalue weighted by molar-refractivity contribution is -0.391. The van der Waals surface area contributed by atoms with E-state index < -0.39 is 4.92 Å². The molecule has 0 aliphatic rings. The number of imidazole rings is 1. The number of nitrogens with zero attached hydrogens (tertiary/aromatic N) is 5. The fourth-order valence-corrected chi connectivity index (χ4v) is 4.31. The standard InChI is InChI=1S/C16H17N5O5S2/c1-20-12(21(22)23)7-17-14(20)15-18-19-16(28-15)27-8-9-5-10(24-2)13(26-4)11(6-9)25-3/h5-7H,8H2,1-4H3. The van der Waals surface area contributed by atoms with Crippen LogP contribution in [0.5, 0.6) is 17.2 Å². The van der Waals surface area contributed by atoms with Crippen molar-refractivity contribution in [3.63, 3.8) is 0 Å². The summed E-state index contributed by atoms with van der Waals surface area (Å²) in [6.07, 6.45) is 1.21. The number of hydrogen-bond acceptors (Lipinski definition) is 10. The molecule has 148 valence electrons. The van der Waals surface area contributed by atoms with Crippen molar-refractivity contribution in [2.24, 2.45) is 7.05 Å². The highest BCUT2D eigenvalue weighted by atomic mass is 32.2. The molecular formula is C16H17N5O5S2. The normalized spacial score (nSPS) is 10.7. The minimum atomic E-state index is -0.488. The highest BCUT2D eigenvalue weighted by molar-refractivity contribution is 8.00. The van der Waals surface area contributed by atoms with Crippen LogP contribution in [-0.2, 0) is 12.8 Å². The molecule has 2 heterocycles. The fraction of sp³-hybridized carbons (Fsp3) is 0.312. The van der Waals surface area contributed by atoms with Crippen LogP contribution in [-0.4, -0.2) is 46.0 Å². The molecule has 12 heteroatoms. The van der Waals surface area contributed by atoms with E-state index in [9.17, 15) is 10.1 Å². The van der Waals surface area contributed by atoms with E-state index in [-0.39, 0.29) is 5.82 Å². The number of hydrogen-bond donors (Lipinski definition) is 0. The average molecular weight is 423 g/mol. The molecule has 0 N–H and O–H groups in total. The molecule has 0 unspecified atom stereocenters. The number of thioether (sulfide) groups is 1. The Bertz CT molecular complexity index is 978. The highest BCUT2D eigenvalue weighted by Gasteiger charge is 2.21. The Labute approximate surface area is 168 Å². The van der Waals surface area contributed by atoms with Crippen molar-refractivity contribution in [3.8, 4) is 28.1 Å². The van der Waals surface area contributed by atoms with E-state index in [1.165, 1.54) is 33.9 Å². The quantitative estimate of drug-likeness (QED) is 0.306.